The Morgan fingerprint density at radius 1 is 0.667 bits per heavy atom. The summed E-state index contributed by atoms with van der Waals surface area (Å²) in [6.07, 6.45) is 0. The summed E-state index contributed by atoms with van der Waals surface area (Å²) in [5.74, 6) is -0.426. The molecule has 30 heavy (non-hydrogen) atoms. The molecule has 0 radical (unpaired) electrons. The lowest BCUT2D eigenvalue weighted by Crippen LogP contribution is -2.23. The number of rotatable bonds is 3. The Hall–Kier alpha value is -4.25. The number of H-pyrrole nitrogens is 2. The quantitative estimate of drug-likeness (QED) is 0.355. The van der Waals surface area contributed by atoms with E-state index in [1.807, 2.05) is 36.4 Å². The molecule has 5 heteroatoms. The van der Waals surface area contributed by atoms with Crippen LogP contribution in [0.3, 0.4) is 0 Å². The van der Waals surface area contributed by atoms with Gasteiger partial charge in [0.1, 0.15) is 0 Å². The van der Waals surface area contributed by atoms with Crippen molar-refractivity contribution in [3.8, 4) is 11.1 Å². The van der Waals surface area contributed by atoms with Gasteiger partial charge in [-0.15, -0.1) is 0 Å². The zero-order valence-electron chi connectivity index (χ0n) is 15.8. The summed E-state index contributed by atoms with van der Waals surface area (Å²) >= 11 is 0. The maximum atomic E-state index is 13.3. The van der Waals surface area contributed by atoms with Gasteiger partial charge in [0, 0.05) is 16.5 Å². The van der Waals surface area contributed by atoms with Crippen molar-refractivity contribution < 1.29 is 4.79 Å². The molecular weight excluding hydrogens is 376 g/mol. The Morgan fingerprint density at radius 2 is 1.30 bits per heavy atom. The number of fused-ring (bicyclic) bond motifs is 3. The van der Waals surface area contributed by atoms with Crippen molar-refractivity contribution >= 4 is 27.6 Å². The maximum Gasteiger partial charge on any atom is 0.260 e. The molecule has 0 bridgehead atoms. The average molecular weight is 392 g/mol. The number of aromatic nitrogens is 2. The van der Waals surface area contributed by atoms with Gasteiger partial charge < -0.3 is 9.97 Å². The van der Waals surface area contributed by atoms with E-state index in [0.29, 0.717) is 38.5 Å². The molecule has 0 aliphatic rings. The van der Waals surface area contributed by atoms with Crippen LogP contribution in [0.15, 0.2) is 94.5 Å². The molecule has 2 heterocycles. The summed E-state index contributed by atoms with van der Waals surface area (Å²) < 4.78 is 0. The molecule has 0 atom stereocenters. The van der Waals surface area contributed by atoms with Gasteiger partial charge in [0.05, 0.1) is 22.0 Å². The number of aromatic amines is 2. The SMILES string of the molecule is O=C(c1ccccc1)c1c(-c2ccccc2)c2c(=O)[nH]c3ccccc3c2[nH]c1=O. The Labute approximate surface area is 170 Å². The summed E-state index contributed by atoms with van der Waals surface area (Å²) in [5, 5.41) is 0.999. The predicted molar refractivity (Wildman–Crippen MR) is 118 cm³/mol. The van der Waals surface area contributed by atoms with E-state index >= 15 is 0 Å². The van der Waals surface area contributed by atoms with Crippen LogP contribution in [0, 0.1) is 0 Å². The van der Waals surface area contributed by atoms with Gasteiger partial charge in [-0.05, 0) is 11.6 Å². The van der Waals surface area contributed by atoms with Crippen LogP contribution in [-0.2, 0) is 0 Å². The van der Waals surface area contributed by atoms with Crippen LogP contribution in [0.1, 0.15) is 15.9 Å². The highest BCUT2D eigenvalue weighted by molar-refractivity contribution is 6.18. The zero-order chi connectivity index (χ0) is 20.7. The van der Waals surface area contributed by atoms with Crippen LogP contribution in [0.5, 0.6) is 0 Å². The minimum absolute atomic E-state index is 0.0410. The second-order valence-corrected chi connectivity index (χ2v) is 7.02. The Balaban J connectivity index is 1.99. The standard InChI is InChI=1S/C25H16N2O3/c28-23(16-11-5-2-6-12-16)21-19(15-9-3-1-4-10-15)20-22(27-25(21)30)17-13-7-8-14-18(17)26-24(20)29/h1-14H,(H,26,29)(H,27,30). The lowest BCUT2D eigenvalue weighted by molar-refractivity contribution is 0.103. The Kier molecular flexibility index (Phi) is 4.14. The number of carbonyl (C=O) groups excluding carboxylic acids is 1. The van der Waals surface area contributed by atoms with E-state index in [2.05, 4.69) is 9.97 Å². The van der Waals surface area contributed by atoms with Crippen LogP contribution >= 0.6 is 0 Å². The van der Waals surface area contributed by atoms with E-state index < -0.39 is 11.3 Å². The van der Waals surface area contributed by atoms with Gasteiger partial charge in [-0.1, -0.05) is 78.9 Å². The molecule has 5 aromatic rings. The van der Waals surface area contributed by atoms with E-state index in [-0.39, 0.29) is 11.1 Å². The summed E-state index contributed by atoms with van der Waals surface area (Å²) in [6, 6.07) is 24.9. The van der Waals surface area contributed by atoms with E-state index in [0.717, 1.165) is 0 Å². The summed E-state index contributed by atoms with van der Waals surface area (Å²) in [6.45, 7) is 0. The predicted octanol–water partition coefficient (Wildman–Crippen LogP) is 4.27. The zero-order valence-corrected chi connectivity index (χ0v) is 15.8. The molecule has 5 rings (SSSR count). The minimum Gasteiger partial charge on any atom is -0.321 e. The smallest absolute Gasteiger partial charge is 0.260 e. The van der Waals surface area contributed by atoms with Crippen molar-refractivity contribution in [3.63, 3.8) is 0 Å². The number of benzene rings is 3. The number of para-hydroxylation sites is 1. The molecule has 0 spiro atoms. The van der Waals surface area contributed by atoms with E-state index in [9.17, 15) is 14.4 Å². The topological polar surface area (TPSA) is 82.8 Å². The number of carbonyl (C=O) groups is 1. The van der Waals surface area contributed by atoms with Gasteiger partial charge >= 0.3 is 0 Å². The highest BCUT2D eigenvalue weighted by atomic mass is 16.1. The van der Waals surface area contributed by atoms with Gasteiger partial charge in [-0.25, -0.2) is 0 Å². The second-order valence-electron chi connectivity index (χ2n) is 7.02. The number of ketones is 1. The van der Waals surface area contributed by atoms with Crippen molar-refractivity contribution in [1.82, 2.24) is 9.97 Å². The number of hydrogen-bond donors (Lipinski definition) is 2. The molecule has 2 aromatic heterocycles. The lowest BCUT2D eigenvalue weighted by Gasteiger charge is -2.13. The molecule has 0 amide bonds. The van der Waals surface area contributed by atoms with Gasteiger partial charge in [-0.2, -0.15) is 0 Å². The first kappa shape index (κ1) is 17.8. The molecule has 0 aliphatic carbocycles. The van der Waals surface area contributed by atoms with E-state index in [1.54, 1.807) is 48.5 Å². The van der Waals surface area contributed by atoms with Gasteiger partial charge in [0.2, 0.25) is 0 Å². The fourth-order valence-electron chi connectivity index (χ4n) is 3.87. The molecule has 0 aliphatic heterocycles. The lowest BCUT2D eigenvalue weighted by atomic mass is 9.91. The summed E-state index contributed by atoms with van der Waals surface area (Å²) in [7, 11) is 0. The maximum absolute atomic E-state index is 13.3. The van der Waals surface area contributed by atoms with Crippen molar-refractivity contribution in [2.45, 2.75) is 0 Å². The molecular formula is C25H16N2O3. The number of nitrogens with one attached hydrogen (secondary N) is 2. The molecule has 0 unspecified atom stereocenters. The largest absolute Gasteiger partial charge is 0.321 e. The van der Waals surface area contributed by atoms with Crippen LogP contribution in [0.4, 0.5) is 0 Å². The summed E-state index contributed by atoms with van der Waals surface area (Å²) in [4.78, 5) is 45.4. The first-order chi connectivity index (χ1) is 14.6. The minimum atomic E-state index is -0.522. The van der Waals surface area contributed by atoms with E-state index in [1.165, 1.54) is 0 Å². The molecule has 0 fully saturated rings. The van der Waals surface area contributed by atoms with Crippen molar-refractivity contribution in [3.05, 3.63) is 117 Å². The average Bonchev–Trinajstić information content (AvgIpc) is 2.79. The highest BCUT2D eigenvalue weighted by Crippen LogP contribution is 2.31. The first-order valence-corrected chi connectivity index (χ1v) is 9.51. The fraction of sp³-hybridized carbons (Fsp3) is 0. The monoisotopic (exact) mass is 392 g/mol. The fourth-order valence-corrected chi connectivity index (χ4v) is 3.87. The first-order valence-electron chi connectivity index (χ1n) is 9.51. The van der Waals surface area contributed by atoms with Crippen molar-refractivity contribution in [2.75, 3.05) is 0 Å². The molecule has 0 saturated carbocycles. The van der Waals surface area contributed by atoms with Gasteiger partial charge in [0.25, 0.3) is 11.1 Å². The van der Waals surface area contributed by atoms with Crippen molar-refractivity contribution in [1.29, 1.82) is 0 Å². The molecule has 144 valence electrons. The molecule has 3 aromatic carbocycles. The van der Waals surface area contributed by atoms with Crippen LogP contribution in [0.2, 0.25) is 0 Å². The van der Waals surface area contributed by atoms with Crippen LogP contribution in [0.25, 0.3) is 32.9 Å². The van der Waals surface area contributed by atoms with Crippen LogP contribution < -0.4 is 11.1 Å². The van der Waals surface area contributed by atoms with Gasteiger partial charge in [0.15, 0.2) is 5.78 Å². The van der Waals surface area contributed by atoms with Crippen LogP contribution in [-0.4, -0.2) is 15.8 Å². The third-order valence-electron chi connectivity index (χ3n) is 5.21. The number of hydrogen-bond acceptors (Lipinski definition) is 3. The second kappa shape index (κ2) is 6.97. The highest BCUT2D eigenvalue weighted by Gasteiger charge is 2.24. The molecule has 0 saturated heterocycles. The third kappa shape index (κ3) is 2.76. The third-order valence-corrected chi connectivity index (χ3v) is 5.21. The Morgan fingerprint density at radius 3 is 2.03 bits per heavy atom. The van der Waals surface area contributed by atoms with E-state index in [4.69, 9.17) is 0 Å². The normalized spacial score (nSPS) is 11.1. The van der Waals surface area contributed by atoms with Gasteiger partial charge in [-0.3, -0.25) is 14.4 Å². The molecule has 2 N–H and O–H groups in total. The Bertz CT molecular complexity index is 1530. The number of pyridine rings is 2. The molecule has 5 nitrogen and oxygen atoms in total. The van der Waals surface area contributed by atoms with Crippen molar-refractivity contribution in [2.24, 2.45) is 0 Å². The summed E-state index contributed by atoms with van der Waals surface area (Å²) in [5.41, 5.74) is 1.47.